The highest BCUT2D eigenvalue weighted by atomic mass is 35.5. The van der Waals surface area contributed by atoms with Gasteiger partial charge in [-0.2, -0.15) is 0 Å². The van der Waals surface area contributed by atoms with Crippen molar-refractivity contribution < 1.29 is 4.79 Å². The Morgan fingerprint density at radius 3 is 2.60 bits per heavy atom. The lowest BCUT2D eigenvalue weighted by Gasteiger charge is -2.17. The van der Waals surface area contributed by atoms with Gasteiger partial charge in [0, 0.05) is 19.1 Å². The summed E-state index contributed by atoms with van der Waals surface area (Å²) in [6, 6.07) is 15.1. The molecule has 0 aliphatic heterocycles. The summed E-state index contributed by atoms with van der Waals surface area (Å²) >= 11 is 5.92. The average Bonchev–Trinajstić information content (AvgIpc) is 2.38. The Morgan fingerprint density at radius 2 is 1.90 bits per heavy atom. The molecule has 0 spiro atoms. The Kier molecular flexibility index (Phi) is 4.64. The molecule has 0 unspecified atom stereocenters. The second kappa shape index (κ2) is 6.44. The van der Waals surface area contributed by atoms with Crippen LogP contribution in [-0.2, 0) is 11.2 Å². The first kappa shape index (κ1) is 14.4. The van der Waals surface area contributed by atoms with E-state index in [1.165, 1.54) is 0 Å². The Bertz CT molecular complexity index is 611. The van der Waals surface area contributed by atoms with Gasteiger partial charge in [0.25, 0.3) is 0 Å². The molecule has 1 N–H and O–H groups in total. The van der Waals surface area contributed by atoms with E-state index in [-0.39, 0.29) is 5.91 Å². The van der Waals surface area contributed by atoms with E-state index in [1.807, 2.05) is 55.4 Å². The van der Waals surface area contributed by atoms with E-state index in [9.17, 15) is 4.79 Å². The number of nitrogens with one attached hydrogen (secondary N) is 1. The Balaban J connectivity index is 2.09. The van der Waals surface area contributed by atoms with Gasteiger partial charge in [-0.25, -0.2) is 0 Å². The Labute approximate surface area is 124 Å². The molecule has 0 atom stereocenters. The topological polar surface area (TPSA) is 32.3 Å². The van der Waals surface area contributed by atoms with Crippen LogP contribution in [0.5, 0.6) is 0 Å². The van der Waals surface area contributed by atoms with Crippen molar-refractivity contribution in [3.05, 3.63) is 59.1 Å². The van der Waals surface area contributed by atoms with Gasteiger partial charge in [-0.05, 0) is 29.8 Å². The maximum absolute atomic E-state index is 12.1. The van der Waals surface area contributed by atoms with Crippen LogP contribution in [0, 0.1) is 0 Å². The highest BCUT2D eigenvalue weighted by Crippen LogP contribution is 2.23. The molecular formula is C16H17ClN2O. The number of anilines is 2. The predicted octanol–water partition coefficient (Wildman–Crippen LogP) is 3.59. The van der Waals surface area contributed by atoms with Crippen LogP contribution in [0.25, 0.3) is 0 Å². The number of rotatable bonds is 4. The predicted molar refractivity (Wildman–Crippen MR) is 84.6 cm³/mol. The van der Waals surface area contributed by atoms with Crippen LogP contribution in [0.2, 0.25) is 5.02 Å². The van der Waals surface area contributed by atoms with Crippen LogP contribution in [0.4, 0.5) is 11.4 Å². The van der Waals surface area contributed by atoms with Gasteiger partial charge in [-0.3, -0.25) is 4.79 Å². The first-order valence-corrected chi connectivity index (χ1v) is 6.74. The molecule has 0 fully saturated rings. The lowest BCUT2D eigenvalue weighted by atomic mass is 10.1. The first-order chi connectivity index (χ1) is 9.56. The van der Waals surface area contributed by atoms with E-state index in [2.05, 4.69) is 5.32 Å². The fraction of sp³-hybridized carbons (Fsp3) is 0.188. The molecule has 20 heavy (non-hydrogen) atoms. The molecule has 104 valence electrons. The van der Waals surface area contributed by atoms with Crippen molar-refractivity contribution in [1.82, 2.24) is 0 Å². The fourth-order valence-electron chi connectivity index (χ4n) is 2.00. The molecule has 3 nitrogen and oxygen atoms in total. The van der Waals surface area contributed by atoms with Gasteiger partial charge in [0.05, 0.1) is 17.8 Å². The molecule has 0 saturated heterocycles. The molecule has 0 aliphatic carbocycles. The summed E-state index contributed by atoms with van der Waals surface area (Å²) in [5.74, 6) is -0.0541. The minimum Gasteiger partial charge on any atom is -0.376 e. The Morgan fingerprint density at radius 1 is 1.15 bits per heavy atom. The van der Waals surface area contributed by atoms with E-state index < -0.39 is 0 Å². The summed E-state index contributed by atoms with van der Waals surface area (Å²) in [5.41, 5.74) is 2.69. The lowest BCUT2D eigenvalue weighted by Crippen LogP contribution is -2.18. The van der Waals surface area contributed by atoms with Gasteiger partial charge in [0.15, 0.2) is 0 Å². The molecule has 2 aromatic carbocycles. The van der Waals surface area contributed by atoms with Crippen molar-refractivity contribution in [1.29, 1.82) is 0 Å². The third-order valence-electron chi connectivity index (χ3n) is 2.91. The molecule has 0 aliphatic rings. The molecule has 2 rings (SSSR count). The second-order valence-corrected chi connectivity index (χ2v) is 5.20. The van der Waals surface area contributed by atoms with Crippen LogP contribution in [-0.4, -0.2) is 20.0 Å². The van der Waals surface area contributed by atoms with Gasteiger partial charge >= 0.3 is 0 Å². The second-order valence-electron chi connectivity index (χ2n) is 4.77. The number of carbonyl (C=O) groups is 1. The van der Waals surface area contributed by atoms with Crippen LogP contribution >= 0.6 is 11.6 Å². The zero-order valence-electron chi connectivity index (χ0n) is 11.6. The minimum atomic E-state index is -0.0541. The monoisotopic (exact) mass is 288 g/mol. The maximum atomic E-state index is 12.1. The molecule has 1 amide bonds. The SMILES string of the molecule is CN(C)c1ccccc1NC(=O)Cc1cccc(Cl)c1. The average molecular weight is 289 g/mol. The molecule has 0 aromatic heterocycles. The minimum absolute atomic E-state index is 0.0541. The smallest absolute Gasteiger partial charge is 0.228 e. The molecule has 4 heteroatoms. The van der Waals surface area contributed by atoms with Crippen molar-refractivity contribution in [2.24, 2.45) is 0 Å². The van der Waals surface area contributed by atoms with Crippen molar-refractivity contribution in [3.63, 3.8) is 0 Å². The summed E-state index contributed by atoms with van der Waals surface area (Å²) in [6.07, 6.45) is 0.308. The summed E-state index contributed by atoms with van der Waals surface area (Å²) in [5, 5.41) is 3.58. The highest BCUT2D eigenvalue weighted by Gasteiger charge is 2.08. The van der Waals surface area contributed by atoms with Crippen molar-refractivity contribution in [2.45, 2.75) is 6.42 Å². The van der Waals surface area contributed by atoms with Gasteiger partial charge in [-0.1, -0.05) is 35.9 Å². The molecule has 2 aromatic rings. The number of amides is 1. The van der Waals surface area contributed by atoms with E-state index in [1.54, 1.807) is 12.1 Å². The van der Waals surface area contributed by atoms with Crippen LogP contribution in [0.3, 0.4) is 0 Å². The molecule has 0 bridgehead atoms. The largest absolute Gasteiger partial charge is 0.376 e. The maximum Gasteiger partial charge on any atom is 0.228 e. The van der Waals surface area contributed by atoms with E-state index in [0.717, 1.165) is 16.9 Å². The summed E-state index contributed by atoms with van der Waals surface area (Å²) < 4.78 is 0. The zero-order chi connectivity index (χ0) is 14.5. The number of para-hydroxylation sites is 2. The number of hydrogen-bond acceptors (Lipinski definition) is 2. The summed E-state index contributed by atoms with van der Waals surface area (Å²) in [7, 11) is 3.89. The number of benzene rings is 2. The van der Waals surface area contributed by atoms with Crippen LogP contribution in [0.1, 0.15) is 5.56 Å². The number of halogens is 1. The van der Waals surface area contributed by atoms with Crippen molar-refractivity contribution >= 4 is 28.9 Å². The fourth-order valence-corrected chi connectivity index (χ4v) is 2.21. The Hall–Kier alpha value is -2.00. The van der Waals surface area contributed by atoms with Gasteiger partial charge < -0.3 is 10.2 Å². The number of nitrogens with zero attached hydrogens (tertiary/aromatic N) is 1. The van der Waals surface area contributed by atoms with Gasteiger partial charge in [0.1, 0.15) is 0 Å². The van der Waals surface area contributed by atoms with E-state index in [0.29, 0.717) is 11.4 Å². The van der Waals surface area contributed by atoms with Crippen LogP contribution < -0.4 is 10.2 Å². The van der Waals surface area contributed by atoms with Gasteiger partial charge in [-0.15, -0.1) is 0 Å². The van der Waals surface area contributed by atoms with Crippen molar-refractivity contribution in [2.75, 3.05) is 24.3 Å². The quantitative estimate of drug-likeness (QED) is 0.932. The normalized spacial score (nSPS) is 10.2. The van der Waals surface area contributed by atoms with E-state index >= 15 is 0 Å². The molecule has 0 radical (unpaired) electrons. The number of carbonyl (C=O) groups excluding carboxylic acids is 1. The number of hydrogen-bond donors (Lipinski definition) is 1. The first-order valence-electron chi connectivity index (χ1n) is 6.37. The lowest BCUT2D eigenvalue weighted by molar-refractivity contribution is -0.115. The van der Waals surface area contributed by atoms with Crippen LogP contribution in [0.15, 0.2) is 48.5 Å². The molecule has 0 saturated carbocycles. The summed E-state index contributed by atoms with van der Waals surface area (Å²) in [6.45, 7) is 0. The highest BCUT2D eigenvalue weighted by molar-refractivity contribution is 6.30. The third kappa shape index (κ3) is 3.75. The molecule has 0 heterocycles. The third-order valence-corrected chi connectivity index (χ3v) is 3.15. The summed E-state index contributed by atoms with van der Waals surface area (Å²) in [4.78, 5) is 14.1. The molecular weight excluding hydrogens is 272 g/mol. The standard InChI is InChI=1S/C16H17ClN2O/c1-19(2)15-9-4-3-8-14(15)18-16(20)11-12-6-5-7-13(17)10-12/h3-10H,11H2,1-2H3,(H,18,20). The van der Waals surface area contributed by atoms with E-state index in [4.69, 9.17) is 11.6 Å². The zero-order valence-corrected chi connectivity index (χ0v) is 12.3. The van der Waals surface area contributed by atoms with Crippen molar-refractivity contribution in [3.8, 4) is 0 Å². The van der Waals surface area contributed by atoms with Gasteiger partial charge in [0.2, 0.25) is 5.91 Å².